The van der Waals surface area contributed by atoms with Gasteiger partial charge in [-0.15, -0.1) is 0 Å². The number of hydrogen-bond acceptors (Lipinski definition) is 4. The lowest BCUT2D eigenvalue weighted by Gasteiger charge is -2.37. The van der Waals surface area contributed by atoms with Crippen LogP contribution in [0.3, 0.4) is 0 Å². The maximum absolute atomic E-state index is 12.1. The summed E-state index contributed by atoms with van der Waals surface area (Å²) in [6.45, 7) is 0. The highest BCUT2D eigenvalue weighted by molar-refractivity contribution is 7.08. The van der Waals surface area contributed by atoms with Crippen molar-refractivity contribution in [1.29, 1.82) is 0 Å². The highest BCUT2D eigenvalue weighted by atomic mass is 35.5. The molecule has 134 valence electrons. The molecule has 1 aliphatic carbocycles. The van der Waals surface area contributed by atoms with E-state index in [1.807, 2.05) is 29.0 Å². The minimum absolute atomic E-state index is 0.0386. The Hall–Kier alpha value is -1.36. The van der Waals surface area contributed by atoms with Gasteiger partial charge in [-0.2, -0.15) is 11.3 Å². The monoisotopic (exact) mass is 377 g/mol. The predicted molar refractivity (Wildman–Crippen MR) is 103 cm³/mol. The van der Waals surface area contributed by atoms with Crippen LogP contribution in [0.1, 0.15) is 47.6 Å². The van der Waals surface area contributed by atoms with Crippen LogP contribution in [-0.2, 0) is 4.74 Å². The maximum atomic E-state index is 12.1. The molecule has 0 N–H and O–H groups in total. The molecule has 0 aliphatic heterocycles. The molecule has 1 fully saturated rings. The zero-order chi connectivity index (χ0) is 17.8. The fourth-order valence-corrected chi connectivity index (χ4v) is 4.53. The van der Waals surface area contributed by atoms with E-state index in [1.54, 1.807) is 0 Å². The van der Waals surface area contributed by atoms with Gasteiger partial charge >= 0.3 is 5.97 Å². The van der Waals surface area contributed by atoms with Crippen LogP contribution in [0.4, 0.5) is 0 Å². The smallest absolute Gasteiger partial charge is 0.339 e. The van der Waals surface area contributed by atoms with Crippen LogP contribution in [0.15, 0.2) is 41.1 Å². The van der Waals surface area contributed by atoms with E-state index in [0.29, 0.717) is 17.5 Å². The molecule has 25 heavy (non-hydrogen) atoms. The largest absolute Gasteiger partial charge is 0.459 e. The molecule has 3 rings (SSSR count). The van der Waals surface area contributed by atoms with Gasteiger partial charge in [-0.1, -0.05) is 23.7 Å². The number of thiophene rings is 1. The van der Waals surface area contributed by atoms with Gasteiger partial charge in [0, 0.05) is 16.4 Å². The van der Waals surface area contributed by atoms with Crippen molar-refractivity contribution < 1.29 is 9.53 Å². The first-order chi connectivity index (χ1) is 12.0. The average Bonchev–Trinajstić information content (AvgIpc) is 3.13. The number of ether oxygens (including phenoxy) is 1. The third-order valence-corrected chi connectivity index (χ3v) is 5.90. The second-order valence-corrected chi connectivity index (χ2v) is 8.13. The highest BCUT2D eigenvalue weighted by Gasteiger charge is 2.31. The van der Waals surface area contributed by atoms with Crippen molar-refractivity contribution >= 4 is 28.9 Å². The Labute approximate surface area is 158 Å². The summed E-state index contributed by atoms with van der Waals surface area (Å²) in [5.74, 6) is 0.374. The molecule has 2 aromatic rings. The Morgan fingerprint density at radius 3 is 2.40 bits per heavy atom. The summed E-state index contributed by atoms with van der Waals surface area (Å²) in [7, 11) is 4.25. The number of nitrogens with zero attached hydrogens (tertiary/aromatic N) is 1. The molecule has 1 unspecified atom stereocenters. The fraction of sp³-hybridized carbons (Fsp3) is 0.450. The van der Waals surface area contributed by atoms with Crippen LogP contribution in [0, 0.1) is 5.92 Å². The highest BCUT2D eigenvalue weighted by Crippen LogP contribution is 2.38. The Kier molecular flexibility index (Phi) is 6.15. The first kappa shape index (κ1) is 18.4. The van der Waals surface area contributed by atoms with Crippen molar-refractivity contribution in [2.75, 3.05) is 14.1 Å². The summed E-state index contributed by atoms with van der Waals surface area (Å²) >= 11 is 7.55. The van der Waals surface area contributed by atoms with E-state index < -0.39 is 0 Å². The average molecular weight is 378 g/mol. The van der Waals surface area contributed by atoms with Crippen molar-refractivity contribution in [2.45, 2.75) is 37.8 Å². The van der Waals surface area contributed by atoms with E-state index in [4.69, 9.17) is 16.3 Å². The number of carbonyl (C=O) groups is 1. The molecule has 1 heterocycles. The lowest BCUT2D eigenvalue weighted by atomic mass is 9.79. The first-order valence-corrected chi connectivity index (χ1v) is 10.0. The van der Waals surface area contributed by atoms with Gasteiger partial charge in [0.25, 0.3) is 0 Å². The molecule has 1 aromatic carbocycles. The predicted octanol–water partition coefficient (Wildman–Crippen LogP) is 5.42. The van der Waals surface area contributed by atoms with Crippen LogP contribution in [0.2, 0.25) is 5.02 Å². The zero-order valence-electron chi connectivity index (χ0n) is 14.7. The van der Waals surface area contributed by atoms with Crippen LogP contribution in [0.25, 0.3) is 0 Å². The lowest BCUT2D eigenvalue weighted by molar-refractivity contribution is 0.0113. The molecule has 1 atom stereocenters. The second-order valence-electron chi connectivity index (χ2n) is 6.91. The summed E-state index contributed by atoms with van der Waals surface area (Å²) in [6.07, 6.45) is 4.02. The molecule has 3 nitrogen and oxygen atoms in total. The Morgan fingerprint density at radius 2 is 1.84 bits per heavy atom. The van der Waals surface area contributed by atoms with Gasteiger partial charge in [0.05, 0.1) is 5.56 Å². The third kappa shape index (κ3) is 4.63. The Morgan fingerprint density at radius 1 is 1.16 bits per heavy atom. The van der Waals surface area contributed by atoms with Gasteiger partial charge in [-0.05, 0) is 74.8 Å². The van der Waals surface area contributed by atoms with E-state index in [9.17, 15) is 4.79 Å². The number of carbonyl (C=O) groups excluding carboxylic acids is 1. The summed E-state index contributed by atoms with van der Waals surface area (Å²) < 4.78 is 5.68. The van der Waals surface area contributed by atoms with E-state index in [-0.39, 0.29) is 12.1 Å². The van der Waals surface area contributed by atoms with E-state index in [1.165, 1.54) is 16.9 Å². The SMILES string of the molecule is CN(C)C(c1ccc(Cl)cc1)C1CCC(OC(=O)c2ccsc2)CC1. The summed E-state index contributed by atoms with van der Waals surface area (Å²) in [5.41, 5.74) is 1.97. The standard InChI is InChI=1S/C20H24ClNO2S/c1-22(2)19(14-3-7-17(21)8-4-14)15-5-9-18(10-6-15)24-20(23)16-11-12-25-13-16/h3-4,7-8,11-13,15,18-19H,5-6,9-10H2,1-2H3. The van der Waals surface area contributed by atoms with Crippen LogP contribution in [-0.4, -0.2) is 31.1 Å². The minimum Gasteiger partial charge on any atom is -0.459 e. The van der Waals surface area contributed by atoms with E-state index in [2.05, 4.69) is 31.1 Å². The van der Waals surface area contributed by atoms with Gasteiger partial charge in [0.1, 0.15) is 6.10 Å². The summed E-state index contributed by atoms with van der Waals surface area (Å²) in [5, 5.41) is 4.52. The molecule has 1 aromatic heterocycles. The van der Waals surface area contributed by atoms with Gasteiger partial charge in [0.15, 0.2) is 0 Å². The normalized spacial score (nSPS) is 21.9. The topological polar surface area (TPSA) is 29.5 Å². The molecule has 0 amide bonds. The van der Waals surface area contributed by atoms with Crippen molar-refractivity contribution in [3.05, 3.63) is 57.2 Å². The Balaban J connectivity index is 1.60. The molecule has 0 radical (unpaired) electrons. The number of halogens is 1. The van der Waals surface area contributed by atoms with Crippen molar-refractivity contribution in [2.24, 2.45) is 5.92 Å². The molecule has 1 saturated carbocycles. The van der Waals surface area contributed by atoms with Crippen LogP contribution in [0.5, 0.6) is 0 Å². The lowest BCUT2D eigenvalue weighted by Crippen LogP contribution is -2.32. The minimum atomic E-state index is -0.188. The maximum Gasteiger partial charge on any atom is 0.339 e. The van der Waals surface area contributed by atoms with Gasteiger partial charge in [0.2, 0.25) is 0 Å². The summed E-state index contributed by atoms with van der Waals surface area (Å²) in [6, 6.07) is 10.3. The molecule has 5 heteroatoms. The van der Waals surface area contributed by atoms with Crippen LogP contribution < -0.4 is 0 Å². The Bertz CT molecular complexity index is 676. The number of esters is 1. The third-order valence-electron chi connectivity index (χ3n) is 4.96. The van der Waals surface area contributed by atoms with Crippen molar-refractivity contribution in [1.82, 2.24) is 4.90 Å². The number of benzene rings is 1. The molecule has 0 bridgehead atoms. The first-order valence-electron chi connectivity index (χ1n) is 8.69. The quantitative estimate of drug-likeness (QED) is 0.651. The zero-order valence-corrected chi connectivity index (χ0v) is 16.2. The van der Waals surface area contributed by atoms with E-state index in [0.717, 1.165) is 30.7 Å². The second kappa shape index (κ2) is 8.35. The number of rotatable bonds is 5. The fourth-order valence-electron chi connectivity index (χ4n) is 3.77. The van der Waals surface area contributed by atoms with Crippen molar-refractivity contribution in [3.63, 3.8) is 0 Å². The van der Waals surface area contributed by atoms with Crippen LogP contribution >= 0.6 is 22.9 Å². The van der Waals surface area contributed by atoms with Gasteiger partial charge in [-0.25, -0.2) is 4.79 Å². The van der Waals surface area contributed by atoms with E-state index >= 15 is 0 Å². The summed E-state index contributed by atoms with van der Waals surface area (Å²) in [4.78, 5) is 14.4. The number of hydrogen-bond donors (Lipinski definition) is 0. The molecule has 0 spiro atoms. The van der Waals surface area contributed by atoms with Crippen molar-refractivity contribution in [3.8, 4) is 0 Å². The van der Waals surface area contributed by atoms with Gasteiger partial charge < -0.3 is 9.64 Å². The molecule has 0 saturated heterocycles. The molecular weight excluding hydrogens is 354 g/mol. The van der Waals surface area contributed by atoms with Gasteiger partial charge in [-0.3, -0.25) is 0 Å². The molecular formula is C20H24ClNO2S. The molecule has 1 aliphatic rings.